The smallest absolute Gasteiger partial charge is 0.294 e. The number of nitrogens with one attached hydrogen (secondary N) is 1. The van der Waals surface area contributed by atoms with Gasteiger partial charge in [0, 0.05) is 11.3 Å². The average Bonchev–Trinajstić information content (AvgIpc) is 3.07. The molecule has 4 rings (SSSR count). The van der Waals surface area contributed by atoms with Crippen LogP contribution in [0.2, 0.25) is 0 Å². The van der Waals surface area contributed by atoms with Crippen molar-refractivity contribution >= 4 is 51.4 Å². The molecule has 1 N–H and O–H groups in total. The number of benzene rings is 3. The molecule has 0 saturated carbocycles. The van der Waals surface area contributed by atoms with Crippen molar-refractivity contribution in [2.45, 2.75) is 13.3 Å². The number of ether oxygens (including phenoxy) is 1. The minimum Gasteiger partial charge on any atom is -0.496 e. The van der Waals surface area contributed by atoms with Crippen LogP contribution < -0.4 is 10.1 Å². The number of imide groups is 1. The van der Waals surface area contributed by atoms with Crippen LogP contribution in [0.15, 0.2) is 65.6 Å². The molecule has 0 spiro atoms. The van der Waals surface area contributed by atoms with Gasteiger partial charge in [-0.05, 0) is 58.8 Å². The van der Waals surface area contributed by atoms with Crippen LogP contribution in [0.25, 0.3) is 16.8 Å². The molecular weight excluding hydrogens is 424 g/mol. The number of carbonyl (C=O) groups is 3. The zero-order valence-corrected chi connectivity index (χ0v) is 18.6. The normalized spacial score (nSPS) is 14.9. The van der Waals surface area contributed by atoms with Crippen LogP contribution in [-0.2, 0) is 16.0 Å². The molecular formula is C25H22N2O4S. The van der Waals surface area contributed by atoms with Gasteiger partial charge in [0.1, 0.15) is 12.3 Å². The van der Waals surface area contributed by atoms with Gasteiger partial charge >= 0.3 is 0 Å². The summed E-state index contributed by atoms with van der Waals surface area (Å²) in [6, 6.07) is 19.0. The number of fused-ring (bicyclic) bond motifs is 1. The average molecular weight is 447 g/mol. The van der Waals surface area contributed by atoms with Crippen LogP contribution in [0.3, 0.4) is 0 Å². The summed E-state index contributed by atoms with van der Waals surface area (Å²) in [6.07, 6.45) is 2.56. The summed E-state index contributed by atoms with van der Waals surface area (Å²) in [5, 5.41) is 4.16. The standard InChI is InChI=1S/C25H22N2O4S/c1-3-16-8-11-18(12-9-16)26-23(28)15-27-24(29)22(32-25(27)30)14-20-19-7-5-4-6-17(19)10-13-21(20)31-2/h4-14H,3,15H2,1-2H3,(H,26,28)/b22-14+. The third-order valence-electron chi connectivity index (χ3n) is 5.25. The van der Waals surface area contributed by atoms with E-state index in [1.165, 1.54) is 0 Å². The van der Waals surface area contributed by atoms with E-state index in [1.807, 2.05) is 48.5 Å². The first-order valence-electron chi connectivity index (χ1n) is 10.2. The molecule has 0 atom stereocenters. The third kappa shape index (κ3) is 4.38. The maximum atomic E-state index is 12.9. The number of hydrogen-bond donors (Lipinski definition) is 1. The molecule has 7 heteroatoms. The molecule has 0 unspecified atom stereocenters. The highest BCUT2D eigenvalue weighted by Gasteiger charge is 2.36. The molecule has 0 bridgehead atoms. The number of nitrogens with zero attached hydrogens (tertiary/aromatic N) is 1. The van der Waals surface area contributed by atoms with Crippen molar-refractivity contribution in [3.05, 3.63) is 76.7 Å². The second kappa shape index (κ2) is 9.28. The molecule has 6 nitrogen and oxygen atoms in total. The van der Waals surface area contributed by atoms with Crippen LogP contribution >= 0.6 is 11.8 Å². The minimum absolute atomic E-state index is 0.254. The van der Waals surface area contributed by atoms with E-state index in [1.54, 1.807) is 25.3 Å². The molecule has 0 radical (unpaired) electrons. The number of aryl methyl sites for hydroxylation is 1. The Morgan fingerprint density at radius 2 is 1.81 bits per heavy atom. The van der Waals surface area contributed by atoms with Crippen molar-refractivity contribution in [3.8, 4) is 5.75 Å². The molecule has 1 saturated heterocycles. The molecule has 0 aliphatic carbocycles. The molecule has 1 aliphatic rings. The van der Waals surface area contributed by atoms with Crippen molar-refractivity contribution in [2.75, 3.05) is 19.0 Å². The summed E-state index contributed by atoms with van der Waals surface area (Å²) >= 11 is 0.821. The molecule has 1 fully saturated rings. The summed E-state index contributed by atoms with van der Waals surface area (Å²) in [7, 11) is 1.56. The number of amides is 3. The SMILES string of the molecule is CCc1ccc(NC(=O)CN2C(=O)S/C(=C/c3c(OC)ccc4ccccc34)C2=O)cc1. The molecule has 0 aromatic heterocycles. The zero-order valence-electron chi connectivity index (χ0n) is 17.8. The van der Waals surface area contributed by atoms with Crippen LogP contribution in [0.4, 0.5) is 10.5 Å². The van der Waals surface area contributed by atoms with Crippen LogP contribution in [0, 0.1) is 0 Å². The van der Waals surface area contributed by atoms with Gasteiger partial charge in [0.25, 0.3) is 11.1 Å². The van der Waals surface area contributed by atoms with Gasteiger partial charge in [0.15, 0.2) is 0 Å². The highest BCUT2D eigenvalue weighted by molar-refractivity contribution is 8.18. The molecule has 162 valence electrons. The van der Waals surface area contributed by atoms with Gasteiger partial charge in [0.05, 0.1) is 12.0 Å². The molecule has 1 heterocycles. The summed E-state index contributed by atoms with van der Waals surface area (Å²) in [5.41, 5.74) is 2.50. The monoisotopic (exact) mass is 446 g/mol. The Bertz CT molecular complexity index is 1230. The predicted octanol–water partition coefficient (Wildman–Crippen LogP) is 5.09. The summed E-state index contributed by atoms with van der Waals surface area (Å²) in [5.74, 6) is -0.323. The summed E-state index contributed by atoms with van der Waals surface area (Å²) in [4.78, 5) is 39.1. The Labute approximate surface area is 190 Å². The van der Waals surface area contributed by atoms with Gasteiger partial charge in [-0.2, -0.15) is 0 Å². The van der Waals surface area contributed by atoms with E-state index in [0.29, 0.717) is 11.4 Å². The van der Waals surface area contributed by atoms with Crippen LogP contribution in [-0.4, -0.2) is 35.6 Å². The largest absolute Gasteiger partial charge is 0.496 e. The van der Waals surface area contributed by atoms with E-state index in [4.69, 9.17) is 4.74 Å². The molecule has 1 aliphatic heterocycles. The Hall–Kier alpha value is -3.58. The topological polar surface area (TPSA) is 75.7 Å². The number of anilines is 1. The number of rotatable bonds is 6. The highest BCUT2D eigenvalue weighted by Crippen LogP contribution is 2.36. The Morgan fingerprint density at radius 3 is 2.53 bits per heavy atom. The summed E-state index contributed by atoms with van der Waals surface area (Å²) in [6.45, 7) is 1.71. The van der Waals surface area contributed by atoms with Gasteiger partial charge in [-0.15, -0.1) is 0 Å². The Balaban J connectivity index is 1.55. The lowest BCUT2D eigenvalue weighted by atomic mass is 10.0. The number of hydrogen-bond acceptors (Lipinski definition) is 5. The van der Waals surface area contributed by atoms with Crippen molar-refractivity contribution in [2.24, 2.45) is 0 Å². The van der Waals surface area contributed by atoms with E-state index in [9.17, 15) is 14.4 Å². The zero-order chi connectivity index (χ0) is 22.7. The first-order valence-corrected chi connectivity index (χ1v) is 11.0. The van der Waals surface area contributed by atoms with Crippen LogP contribution in [0.1, 0.15) is 18.1 Å². The number of methoxy groups -OCH3 is 1. The molecule has 32 heavy (non-hydrogen) atoms. The lowest BCUT2D eigenvalue weighted by molar-refractivity contribution is -0.127. The second-order valence-corrected chi connectivity index (χ2v) is 8.26. The van der Waals surface area contributed by atoms with Gasteiger partial charge in [-0.3, -0.25) is 19.3 Å². The number of thioether (sulfide) groups is 1. The van der Waals surface area contributed by atoms with Crippen molar-refractivity contribution in [3.63, 3.8) is 0 Å². The van der Waals surface area contributed by atoms with E-state index in [2.05, 4.69) is 12.2 Å². The Morgan fingerprint density at radius 1 is 1.06 bits per heavy atom. The van der Waals surface area contributed by atoms with E-state index in [-0.39, 0.29) is 11.4 Å². The van der Waals surface area contributed by atoms with Gasteiger partial charge in [-0.25, -0.2) is 0 Å². The molecule has 3 aromatic carbocycles. The molecule has 3 aromatic rings. The minimum atomic E-state index is -0.494. The number of carbonyl (C=O) groups excluding carboxylic acids is 3. The fourth-order valence-electron chi connectivity index (χ4n) is 3.54. The van der Waals surface area contributed by atoms with Crippen molar-refractivity contribution < 1.29 is 19.1 Å². The third-order valence-corrected chi connectivity index (χ3v) is 6.15. The fourth-order valence-corrected chi connectivity index (χ4v) is 4.36. The fraction of sp³-hybridized carbons (Fsp3) is 0.160. The summed E-state index contributed by atoms with van der Waals surface area (Å²) < 4.78 is 5.47. The lowest BCUT2D eigenvalue weighted by Crippen LogP contribution is -2.36. The predicted molar refractivity (Wildman–Crippen MR) is 128 cm³/mol. The van der Waals surface area contributed by atoms with Gasteiger partial charge in [-0.1, -0.05) is 49.4 Å². The van der Waals surface area contributed by atoms with Crippen molar-refractivity contribution in [1.82, 2.24) is 4.90 Å². The van der Waals surface area contributed by atoms with E-state index >= 15 is 0 Å². The first kappa shape index (κ1) is 21.6. The quantitative estimate of drug-likeness (QED) is 0.534. The lowest BCUT2D eigenvalue weighted by Gasteiger charge is -2.13. The van der Waals surface area contributed by atoms with Crippen LogP contribution in [0.5, 0.6) is 5.75 Å². The first-order chi connectivity index (χ1) is 15.5. The second-order valence-electron chi connectivity index (χ2n) is 7.27. The Kier molecular flexibility index (Phi) is 6.28. The van der Waals surface area contributed by atoms with Crippen molar-refractivity contribution in [1.29, 1.82) is 0 Å². The highest BCUT2D eigenvalue weighted by atomic mass is 32.2. The van der Waals surface area contributed by atoms with Gasteiger partial charge in [0.2, 0.25) is 5.91 Å². The molecule has 3 amide bonds. The van der Waals surface area contributed by atoms with E-state index in [0.717, 1.165) is 45.0 Å². The van der Waals surface area contributed by atoms with Gasteiger partial charge < -0.3 is 10.1 Å². The maximum Gasteiger partial charge on any atom is 0.294 e. The maximum absolute atomic E-state index is 12.9. The van der Waals surface area contributed by atoms with E-state index < -0.39 is 17.1 Å².